The van der Waals surface area contributed by atoms with Crippen molar-refractivity contribution in [1.29, 1.82) is 0 Å². The summed E-state index contributed by atoms with van der Waals surface area (Å²) < 4.78 is 20.4. The maximum Gasteiger partial charge on any atom is 0.338 e. The van der Waals surface area contributed by atoms with Crippen molar-refractivity contribution in [2.75, 3.05) is 11.9 Å². The molecule has 0 radical (unpaired) electrons. The summed E-state index contributed by atoms with van der Waals surface area (Å²) >= 11 is 7.87. The van der Waals surface area contributed by atoms with Gasteiger partial charge in [0.15, 0.2) is 0 Å². The molecule has 2 heterocycles. The van der Waals surface area contributed by atoms with E-state index in [1.807, 2.05) is 24.3 Å². The Balaban J connectivity index is 1.71. The quantitative estimate of drug-likeness (QED) is 0.403. The Bertz CT molecular complexity index is 1160. The Morgan fingerprint density at radius 3 is 2.84 bits per heavy atom. The second-order valence-electron chi connectivity index (χ2n) is 6.89. The average Bonchev–Trinajstić information content (AvgIpc) is 3.14. The van der Waals surface area contributed by atoms with Crippen LogP contribution in [0.4, 0.5) is 10.3 Å². The van der Waals surface area contributed by atoms with Crippen molar-refractivity contribution in [2.24, 2.45) is 0 Å². The lowest BCUT2D eigenvalue weighted by molar-refractivity contribution is -0.139. The lowest BCUT2D eigenvalue weighted by Gasteiger charge is -2.28. The van der Waals surface area contributed by atoms with Crippen LogP contribution in [-0.4, -0.2) is 27.3 Å². The van der Waals surface area contributed by atoms with Crippen LogP contribution in [0, 0.1) is 5.82 Å². The van der Waals surface area contributed by atoms with Gasteiger partial charge in [0, 0.05) is 22.0 Å². The van der Waals surface area contributed by atoms with Gasteiger partial charge in [0.2, 0.25) is 11.1 Å². The molecule has 6 nitrogen and oxygen atoms in total. The standard InChI is InChI=1S/C22H20ClFN4O2S/c1-3-30-20(29)18-13(2)25-21-26-22(31-12-14-7-6-8-15(24)11-14)27-28(21)19(18)16-9-4-5-10-17(16)23/h4-11,19H,3,12H2,1-2H3,(H,25,26,27). The highest BCUT2D eigenvalue weighted by Crippen LogP contribution is 2.39. The summed E-state index contributed by atoms with van der Waals surface area (Å²) in [5.41, 5.74) is 2.61. The number of ether oxygens (including phenoxy) is 1. The summed E-state index contributed by atoms with van der Waals surface area (Å²) in [6, 6.07) is 13.1. The predicted octanol–water partition coefficient (Wildman–Crippen LogP) is 5.21. The summed E-state index contributed by atoms with van der Waals surface area (Å²) in [7, 11) is 0. The van der Waals surface area contributed by atoms with Crippen LogP contribution in [0.1, 0.15) is 31.0 Å². The molecule has 4 rings (SSSR count). The largest absolute Gasteiger partial charge is 0.463 e. The molecule has 0 amide bonds. The van der Waals surface area contributed by atoms with Crippen molar-refractivity contribution in [3.05, 3.63) is 81.8 Å². The molecule has 0 aliphatic carbocycles. The molecular weight excluding hydrogens is 439 g/mol. The third-order valence-corrected chi connectivity index (χ3v) is 6.04. The van der Waals surface area contributed by atoms with Crippen molar-refractivity contribution in [2.45, 2.75) is 30.8 Å². The van der Waals surface area contributed by atoms with Crippen molar-refractivity contribution in [3.8, 4) is 0 Å². The number of aromatic nitrogens is 3. The van der Waals surface area contributed by atoms with E-state index in [9.17, 15) is 9.18 Å². The number of fused-ring (bicyclic) bond motifs is 1. The maximum atomic E-state index is 13.5. The molecule has 0 saturated carbocycles. The molecule has 1 atom stereocenters. The first kappa shape index (κ1) is 21.4. The van der Waals surface area contributed by atoms with Gasteiger partial charge in [-0.3, -0.25) is 0 Å². The number of nitrogens with zero attached hydrogens (tertiary/aromatic N) is 3. The van der Waals surface area contributed by atoms with E-state index in [1.54, 1.807) is 30.7 Å². The first-order valence-corrected chi connectivity index (χ1v) is 11.1. The molecular formula is C22H20ClFN4O2S. The van der Waals surface area contributed by atoms with Crippen molar-refractivity contribution >= 4 is 35.3 Å². The summed E-state index contributed by atoms with van der Waals surface area (Å²) in [5, 5.41) is 8.79. The van der Waals surface area contributed by atoms with Crippen LogP contribution in [-0.2, 0) is 15.3 Å². The average molecular weight is 459 g/mol. The van der Waals surface area contributed by atoms with Crippen LogP contribution in [0.5, 0.6) is 0 Å². The molecule has 1 aliphatic heterocycles. The Hall–Kier alpha value is -2.84. The Labute approximate surface area is 188 Å². The second-order valence-corrected chi connectivity index (χ2v) is 8.24. The number of rotatable bonds is 6. The maximum absolute atomic E-state index is 13.5. The number of hydrogen-bond acceptors (Lipinski definition) is 6. The molecule has 0 spiro atoms. The van der Waals surface area contributed by atoms with Gasteiger partial charge in [-0.15, -0.1) is 5.10 Å². The minimum Gasteiger partial charge on any atom is -0.463 e. The van der Waals surface area contributed by atoms with Crippen LogP contribution in [0.25, 0.3) is 0 Å². The summed E-state index contributed by atoms with van der Waals surface area (Å²) in [6.45, 7) is 3.81. The van der Waals surface area contributed by atoms with Crippen LogP contribution < -0.4 is 5.32 Å². The van der Waals surface area contributed by atoms with Gasteiger partial charge in [-0.2, -0.15) is 4.98 Å². The molecule has 1 aliphatic rings. The van der Waals surface area contributed by atoms with Crippen LogP contribution in [0.15, 0.2) is 65.0 Å². The molecule has 0 fully saturated rings. The minimum absolute atomic E-state index is 0.254. The van der Waals surface area contributed by atoms with E-state index >= 15 is 0 Å². The zero-order valence-electron chi connectivity index (χ0n) is 16.9. The zero-order valence-corrected chi connectivity index (χ0v) is 18.5. The van der Waals surface area contributed by atoms with E-state index in [4.69, 9.17) is 16.3 Å². The normalized spacial score (nSPS) is 15.4. The first-order chi connectivity index (χ1) is 15.0. The molecule has 1 aromatic heterocycles. The number of benzene rings is 2. The summed E-state index contributed by atoms with van der Waals surface area (Å²) in [6.07, 6.45) is 0. The van der Waals surface area contributed by atoms with E-state index in [1.165, 1.54) is 23.9 Å². The molecule has 1 N–H and O–H groups in total. The fraction of sp³-hybridized carbons (Fsp3) is 0.227. The third kappa shape index (κ3) is 4.45. The minimum atomic E-state index is -0.583. The molecule has 3 aromatic rings. The number of esters is 1. The van der Waals surface area contributed by atoms with Crippen molar-refractivity contribution in [3.63, 3.8) is 0 Å². The van der Waals surface area contributed by atoms with Gasteiger partial charge in [-0.1, -0.05) is 53.7 Å². The Morgan fingerprint density at radius 1 is 1.29 bits per heavy atom. The van der Waals surface area contributed by atoms with Gasteiger partial charge in [0.1, 0.15) is 11.9 Å². The fourth-order valence-electron chi connectivity index (χ4n) is 3.42. The van der Waals surface area contributed by atoms with E-state index < -0.39 is 12.0 Å². The number of halogens is 2. The highest BCUT2D eigenvalue weighted by Gasteiger charge is 2.36. The molecule has 160 valence electrons. The first-order valence-electron chi connectivity index (χ1n) is 9.71. The SMILES string of the molecule is CCOC(=O)C1=C(C)Nc2nc(SCc3cccc(F)c3)nn2C1c1ccccc1Cl. The Kier molecular flexibility index (Phi) is 6.29. The molecule has 0 saturated heterocycles. The Morgan fingerprint density at radius 2 is 2.10 bits per heavy atom. The predicted molar refractivity (Wildman–Crippen MR) is 119 cm³/mol. The number of nitrogens with one attached hydrogen (secondary N) is 1. The summed E-state index contributed by atoms with van der Waals surface area (Å²) in [4.78, 5) is 17.4. The molecule has 0 bridgehead atoms. The molecule has 1 unspecified atom stereocenters. The van der Waals surface area contributed by atoms with Gasteiger partial charge in [-0.25, -0.2) is 13.9 Å². The topological polar surface area (TPSA) is 69.0 Å². The second kappa shape index (κ2) is 9.11. The van der Waals surface area contributed by atoms with Gasteiger partial charge in [0.05, 0.1) is 12.2 Å². The molecule has 31 heavy (non-hydrogen) atoms. The van der Waals surface area contributed by atoms with Gasteiger partial charge in [0.25, 0.3) is 0 Å². The number of anilines is 1. The zero-order chi connectivity index (χ0) is 22.0. The molecule has 9 heteroatoms. The van der Waals surface area contributed by atoms with E-state index in [0.29, 0.717) is 33.2 Å². The number of hydrogen-bond donors (Lipinski definition) is 1. The summed E-state index contributed by atoms with van der Waals surface area (Å²) in [5.74, 6) is 0.286. The van der Waals surface area contributed by atoms with Crippen LogP contribution >= 0.6 is 23.4 Å². The van der Waals surface area contributed by atoms with E-state index in [2.05, 4.69) is 15.4 Å². The van der Waals surface area contributed by atoms with Gasteiger partial charge in [-0.05, 0) is 37.6 Å². The van der Waals surface area contributed by atoms with Crippen LogP contribution in [0.3, 0.4) is 0 Å². The number of carbonyl (C=O) groups excluding carboxylic acids is 1. The van der Waals surface area contributed by atoms with E-state index in [0.717, 1.165) is 11.1 Å². The van der Waals surface area contributed by atoms with Crippen LogP contribution in [0.2, 0.25) is 5.02 Å². The highest BCUT2D eigenvalue weighted by molar-refractivity contribution is 7.98. The van der Waals surface area contributed by atoms with Gasteiger partial charge < -0.3 is 10.1 Å². The lowest BCUT2D eigenvalue weighted by atomic mass is 9.96. The lowest BCUT2D eigenvalue weighted by Crippen LogP contribution is -2.29. The van der Waals surface area contributed by atoms with E-state index in [-0.39, 0.29) is 12.4 Å². The fourth-order valence-corrected chi connectivity index (χ4v) is 4.44. The third-order valence-electron chi connectivity index (χ3n) is 4.79. The highest BCUT2D eigenvalue weighted by atomic mass is 35.5. The van der Waals surface area contributed by atoms with Gasteiger partial charge >= 0.3 is 5.97 Å². The smallest absolute Gasteiger partial charge is 0.338 e. The molecule has 2 aromatic carbocycles. The number of allylic oxidation sites excluding steroid dienone is 1. The van der Waals surface area contributed by atoms with Crippen molar-refractivity contribution < 1.29 is 13.9 Å². The monoisotopic (exact) mass is 458 g/mol. The number of carbonyl (C=O) groups is 1. The number of thioether (sulfide) groups is 1. The van der Waals surface area contributed by atoms with Crippen molar-refractivity contribution in [1.82, 2.24) is 14.8 Å².